The van der Waals surface area contributed by atoms with Crippen LogP contribution in [0.5, 0.6) is 0 Å². The summed E-state index contributed by atoms with van der Waals surface area (Å²) < 4.78 is 4.75. The van der Waals surface area contributed by atoms with E-state index in [1.807, 2.05) is 24.3 Å². The fraction of sp³-hybridized carbons (Fsp3) is 0. The van der Waals surface area contributed by atoms with Crippen LogP contribution >= 0.6 is 0 Å². The number of nitrogens with zero attached hydrogens (tertiary/aromatic N) is 5. The van der Waals surface area contributed by atoms with Gasteiger partial charge in [-0.1, -0.05) is 237 Å². The maximum Gasteiger partial charge on any atom is 0.238 e. The maximum atomic E-state index is 5.45. The minimum Gasteiger partial charge on any atom is -0.307 e. The highest BCUT2D eigenvalue weighted by Gasteiger charge is 2.24. The molecule has 0 aliphatic rings. The lowest BCUT2D eigenvalue weighted by molar-refractivity contribution is 0.953. The molecule has 0 saturated heterocycles. The van der Waals surface area contributed by atoms with Crippen LogP contribution in [0.3, 0.4) is 0 Å². The van der Waals surface area contributed by atoms with Crippen molar-refractivity contribution in [3.05, 3.63) is 273 Å². The summed E-state index contributed by atoms with van der Waals surface area (Å²) in [7, 11) is 0. The fourth-order valence-electron chi connectivity index (χ4n) is 10.9. The lowest BCUT2D eigenvalue weighted by Crippen LogP contribution is -2.07. The molecule has 74 heavy (non-hydrogen) atoms. The van der Waals surface area contributed by atoms with Crippen molar-refractivity contribution < 1.29 is 0 Å². The van der Waals surface area contributed by atoms with E-state index in [1.54, 1.807) is 0 Å². The first-order valence-electron chi connectivity index (χ1n) is 25.1. The van der Waals surface area contributed by atoms with Crippen molar-refractivity contribution in [3.8, 4) is 90.0 Å². The largest absolute Gasteiger partial charge is 0.307 e. The highest BCUT2D eigenvalue weighted by molar-refractivity contribution is 6.23. The first kappa shape index (κ1) is 42.9. The molecule has 0 radical (unpaired) electrons. The van der Waals surface area contributed by atoms with E-state index in [4.69, 9.17) is 15.0 Å². The monoisotopic (exact) mass is 943 g/mol. The van der Waals surface area contributed by atoms with Crippen LogP contribution in [0.4, 0.5) is 0 Å². The third-order valence-corrected chi connectivity index (χ3v) is 14.4. The van der Waals surface area contributed by atoms with Gasteiger partial charge in [-0.15, -0.1) is 0 Å². The van der Waals surface area contributed by atoms with Gasteiger partial charge in [0.25, 0.3) is 0 Å². The molecule has 5 nitrogen and oxygen atoms in total. The highest BCUT2D eigenvalue weighted by Crippen LogP contribution is 2.44. The number of hydrogen-bond donors (Lipinski definition) is 0. The minimum absolute atomic E-state index is 0.542. The van der Waals surface area contributed by atoms with Gasteiger partial charge in [0.15, 0.2) is 11.6 Å². The van der Waals surface area contributed by atoms with Gasteiger partial charge in [-0.05, 0) is 92.0 Å². The quantitative estimate of drug-likeness (QED) is 0.145. The molecule has 0 fully saturated rings. The second-order valence-corrected chi connectivity index (χ2v) is 18.8. The molecule has 14 rings (SSSR count). The Bertz CT molecular complexity index is 4390. The van der Waals surface area contributed by atoms with Gasteiger partial charge in [-0.25, -0.2) is 4.98 Å². The first-order valence-corrected chi connectivity index (χ1v) is 25.1. The fourth-order valence-corrected chi connectivity index (χ4v) is 10.9. The molecule has 3 aromatic heterocycles. The molecule has 0 saturated carbocycles. The summed E-state index contributed by atoms with van der Waals surface area (Å²) in [6, 6.07) is 97.4. The predicted molar refractivity (Wildman–Crippen MR) is 307 cm³/mol. The molecule has 0 bridgehead atoms. The summed E-state index contributed by atoms with van der Waals surface area (Å²) >= 11 is 0. The van der Waals surface area contributed by atoms with Crippen molar-refractivity contribution in [2.75, 3.05) is 0 Å². The molecule has 5 heteroatoms. The van der Waals surface area contributed by atoms with Crippen LogP contribution in [-0.2, 0) is 0 Å². The maximum absolute atomic E-state index is 5.45. The number of hydrogen-bond acceptors (Lipinski definition) is 3. The number of fused-ring (bicyclic) bond motifs is 7. The summed E-state index contributed by atoms with van der Waals surface area (Å²) in [5.41, 5.74) is 18.5. The average Bonchev–Trinajstić information content (AvgIpc) is 4.02. The molecule has 0 N–H and O–H groups in total. The van der Waals surface area contributed by atoms with E-state index < -0.39 is 0 Å². The van der Waals surface area contributed by atoms with Gasteiger partial charge >= 0.3 is 0 Å². The summed E-state index contributed by atoms with van der Waals surface area (Å²) in [5, 5.41) is 4.51. The molecule has 0 atom stereocenters. The van der Waals surface area contributed by atoms with E-state index in [0.29, 0.717) is 17.6 Å². The highest BCUT2D eigenvalue weighted by atomic mass is 15.2. The van der Waals surface area contributed by atoms with Crippen LogP contribution in [-0.4, -0.2) is 24.1 Å². The zero-order valence-electron chi connectivity index (χ0n) is 40.2. The van der Waals surface area contributed by atoms with E-state index in [9.17, 15) is 0 Å². The second kappa shape index (κ2) is 18.0. The molecule has 0 aliphatic heterocycles. The van der Waals surface area contributed by atoms with Gasteiger partial charge in [0, 0.05) is 38.4 Å². The first-order chi connectivity index (χ1) is 36.7. The van der Waals surface area contributed by atoms with Crippen LogP contribution in [0.25, 0.3) is 134 Å². The Balaban J connectivity index is 1.06. The molecular weight excluding hydrogens is 899 g/mol. The van der Waals surface area contributed by atoms with Crippen molar-refractivity contribution >= 4 is 43.6 Å². The smallest absolute Gasteiger partial charge is 0.238 e. The molecule has 3 heterocycles. The Morgan fingerprint density at radius 2 is 0.622 bits per heavy atom. The Labute approximate surface area is 428 Å². The summed E-state index contributed by atoms with van der Waals surface area (Å²) in [6.45, 7) is 0. The van der Waals surface area contributed by atoms with Crippen LogP contribution in [0.1, 0.15) is 0 Å². The average molecular weight is 944 g/mol. The summed E-state index contributed by atoms with van der Waals surface area (Å²) in [6.07, 6.45) is 0. The van der Waals surface area contributed by atoms with E-state index >= 15 is 0 Å². The van der Waals surface area contributed by atoms with E-state index in [-0.39, 0.29) is 0 Å². The molecule has 0 amide bonds. The van der Waals surface area contributed by atoms with Gasteiger partial charge in [-0.3, -0.25) is 4.57 Å². The Morgan fingerprint density at radius 1 is 0.230 bits per heavy atom. The normalized spacial score (nSPS) is 11.5. The van der Waals surface area contributed by atoms with Crippen LogP contribution in [0.2, 0.25) is 0 Å². The van der Waals surface area contributed by atoms with Crippen LogP contribution in [0.15, 0.2) is 273 Å². The molecule has 0 spiro atoms. The third-order valence-electron chi connectivity index (χ3n) is 14.4. The zero-order valence-corrected chi connectivity index (χ0v) is 40.2. The Hall–Kier alpha value is -9.97. The van der Waals surface area contributed by atoms with E-state index in [2.05, 4.69) is 258 Å². The van der Waals surface area contributed by atoms with Gasteiger partial charge in [0.05, 0.1) is 22.1 Å². The SMILES string of the molecule is c1ccc(-c2ccc(-c3nc(-c4ccccc4)nc(-n4c5ccccc5c5ccc6c7ccccc7n(-c7cc(-c8cccc(-c9ccccc9)c8)cc(-c8ccccc8-c8ccccc8)c7)c6c54)n3)cc2)cc1. The summed E-state index contributed by atoms with van der Waals surface area (Å²) in [5.74, 6) is 1.74. The van der Waals surface area contributed by atoms with Gasteiger partial charge in [-0.2, -0.15) is 9.97 Å². The molecule has 0 unspecified atom stereocenters. The second-order valence-electron chi connectivity index (χ2n) is 18.8. The molecule has 346 valence electrons. The van der Waals surface area contributed by atoms with E-state index in [0.717, 1.165) is 93.8 Å². The molecule has 11 aromatic carbocycles. The van der Waals surface area contributed by atoms with Crippen molar-refractivity contribution in [1.29, 1.82) is 0 Å². The van der Waals surface area contributed by atoms with Gasteiger partial charge in [0.1, 0.15) is 0 Å². The van der Waals surface area contributed by atoms with Crippen LogP contribution in [0, 0.1) is 0 Å². The van der Waals surface area contributed by atoms with Crippen molar-refractivity contribution in [2.45, 2.75) is 0 Å². The molecule has 14 aromatic rings. The standard InChI is InChI=1S/C69H45N5/c1-5-20-46(21-6-1)48-36-38-51(39-37-48)68-70-67(50-26-11-4-12-27-50)71-69(72-68)74-64-35-18-16-33-60(64)62-41-40-61-59-32-15-17-34-63(59)73(65(61)66(62)74)56-44-54(53-29-19-28-52(42-53)47-22-7-2-8-23-47)43-55(45-56)58-31-14-13-30-57(58)49-24-9-3-10-25-49/h1-45H. The third kappa shape index (κ3) is 7.46. The predicted octanol–water partition coefficient (Wildman–Crippen LogP) is 17.7. The molecule has 0 aliphatic carbocycles. The van der Waals surface area contributed by atoms with Crippen molar-refractivity contribution in [3.63, 3.8) is 0 Å². The lowest BCUT2D eigenvalue weighted by atomic mass is 9.91. The topological polar surface area (TPSA) is 48.5 Å². The summed E-state index contributed by atoms with van der Waals surface area (Å²) in [4.78, 5) is 16.1. The Morgan fingerprint density at radius 3 is 1.23 bits per heavy atom. The van der Waals surface area contributed by atoms with Crippen LogP contribution < -0.4 is 0 Å². The number of rotatable bonds is 9. The number of aromatic nitrogens is 5. The Kier molecular flexibility index (Phi) is 10.4. The number of para-hydroxylation sites is 2. The van der Waals surface area contributed by atoms with Gasteiger partial charge in [0.2, 0.25) is 5.95 Å². The van der Waals surface area contributed by atoms with Crippen molar-refractivity contribution in [1.82, 2.24) is 24.1 Å². The van der Waals surface area contributed by atoms with E-state index in [1.165, 1.54) is 22.3 Å². The lowest BCUT2D eigenvalue weighted by Gasteiger charge is -2.17. The molecular formula is C69H45N5. The minimum atomic E-state index is 0.542. The number of benzene rings is 11. The van der Waals surface area contributed by atoms with Gasteiger partial charge < -0.3 is 4.57 Å². The zero-order chi connectivity index (χ0) is 49.0. The van der Waals surface area contributed by atoms with Crippen molar-refractivity contribution in [2.24, 2.45) is 0 Å².